The number of nitrogens with one attached hydrogen (secondary N) is 1. The van der Waals surface area contributed by atoms with Gasteiger partial charge in [-0.1, -0.05) is 19.8 Å². The molecule has 2 nitrogen and oxygen atoms in total. The fourth-order valence-electron chi connectivity index (χ4n) is 3.60. The Bertz CT molecular complexity index is 203. The summed E-state index contributed by atoms with van der Waals surface area (Å²) in [6.45, 7) is 7.14. The standard InChI is InChI=1S/C14H28N2/c1-3-15-13-8-6-9-14(11-13)16-10-5-4-7-12(16)2/h12-15H,3-11H2,1-2H3. The first-order chi connectivity index (χ1) is 7.81. The molecule has 3 atom stereocenters. The molecule has 94 valence electrons. The van der Waals surface area contributed by atoms with Crippen LogP contribution in [0.4, 0.5) is 0 Å². The van der Waals surface area contributed by atoms with Crippen LogP contribution in [0.25, 0.3) is 0 Å². The van der Waals surface area contributed by atoms with Crippen LogP contribution in [0.2, 0.25) is 0 Å². The van der Waals surface area contributed by atoms with E-state index in [1.165, 1.54) is 51.5 Å². The maximum Gasteiger partial charge on any atom is 0.0113 e. The lowest BCUT2D eigenvalue weighted by atomic mass is 9.87. The van der Waals surface area contributed by atoms with Gasteiger partial charge in [0.15, 0.2) is 0 Å². The Labute approximate surface area is 101 Å². The normalized spacial score (nSPS) is 37.5. The molecule has 3 unspecified atom stereocenters. The van der Waals surface area contributed by atoms with E-state index < -0.39 is 0 Å². The minimum absolute atomic E-state index is 0.790. The molecule has 1 saturated heterocycles. The number of piperidine rings is 1. The molecule has 2 heteroatoms. The average molecular weight is 224 g/mol. The van der Waals surface area contributed by atoms with E-state index in [0.717, 1.165) is 24.7 Å². The largest absolute Gasteiger partial charge is 0.314 e. The van der Waals surface area contributed by atoms with Crippen molar-refractivity contribution in [2.75, 3.05) is 13.1 Å². The number of rotatable bonds is 3. The smallest absolute Gasteiger partial charge is 0.0113 e. The van der Waals surface area contributed by atoms with Crippen molar-refractivity contribution >= 4 is 0 Å². The zero-order valence-electron chi connectivity index (χ0n) is 11.0. The molecule has 2 fully saturated rings. The molecule has 1 aliphatic carbocycles. The molecule has 0 aromatic carbocycles. The number of likely N-dealkylation sites (tertiary alicyclic amines) is 1. The summed E-state index contributed by atoms with van der Waals surface area (Å²) >= 11 is 0. The summed E-state index contributed by atoms with van der Waals surface area (Å²) in [4.78, 5) is 2.80. The molecule has 0 amide bonds. The van der Waals surface area contributed by atoms with E-state index in [-0.39, 0.29) is 0 Å². The molecule has 2 aliphatic rings. The molecule has 0 spiro atoms. The van der Waals surface area contributed by atoms with Gasteiger partial charge in [0.2, 0.25) is 0 Å². The lowest BCUT2D eigenvalue weighted by Crippen LogP contribution is -2.49. The third kappa shape index (κ3) is 2.98. The van der Waals surface area contributed by atoms with Gasteiger partial charge >= 0.3 is 0 Å². The van der Waals surface area contributed by atoms with Gasteiger partial charge in [-0.2, -0.15) is 0 Å². The van der Waals surface area contributed by atoms with Gasteiger partial charge in [0.05, 0.1) is 0 Å². The number of hydrogen-bond acceptors (Lipinski definition) is 2. The molecule has 1 aliphatic heterocycles. The van der Waals surface area contributed by atoms with Crippen LogP contribution in [0.3, 0.4) is 0 Å². The molecular weight excluding hydrogens is 196 g/mol. The summed E-state index contributed by atoms with van der Waals surface area (Å²) in [6, 6.07) is 2.49. The Balaban J connectivity index is 1.87. The highest BCUT2D eigenvalue weighted by atomic mass is 15.2. The summed E-state index contributed by atoms with van der Waals surface area (Å²) < 4.78 is 0. The first-order valence-electron chi connectivity index (χ1n) is 7.30. The molecule has 2 rings (SSSR count). The highest BCUT2D eigenvalue weighted by Gasteiger charge is 2.30. The van der Waals surface area contributed by atoms with Gasteiger partial charge in [0, 0.05) is 18.1 Å². The zero-order chi connectivity index (χ0) is 11.4. The van der Waals surface area contributed by atoms with Gasteiger partial charge in [0.25, 0.3) is 0 Å². The summed E-state index contributed by atoms with van der Waals surface area (Å²) in [5, 5.41) is 3.64. The molecule has 16 heavy (non-hydrogen) atoms. The zero-order valence-corrected chi connectivity index (χ0v) is 11.0. The highest BCUT2D eigenvalue weighted by Crippen LogP contribution is 2.28. The molecule has 0 bridgehead atoms. The fourth-order valence-corrected chi connectivity index (χ4v) is 3.60. The van der Waals surface area contributed by atoms with Crippen LogP contribution in [0.5, 0.6) is 0 Å². The van der Waals surface area contributed by atoms with Crippen LogP contribution < -0.4 is 5.32 Å². The average Bonchev–Trinajstić information content (AvgIpc) is 2.30. The molecular formula is C14H28N2. The Hall–Kier alpha value is -0.0800. The maximum absolute atomic E-state index is 3.64. The van der Waals surface area contributed by atoms with Gasteiger partial charge in [-0.3, -0.25) is 4.90 Å². The lowest BCUT2D eigenvalue weighted by Gasteiger charge is -2.43. The topological polar surface area (TPSA) is 15.3 Å². The van der Waals surface area contributed by atoms with Crippen LogP contribution in [0, 0.1) is 0 Å². The van der Waals surface area contributed by atoms with Crippen molar-refractivity contribution in [2.45, 2.75) is 76.9 Å². The van der Waals surface area contributed by atoms with Gasteiger partial charge < -0.3 is 5.32 Å². The minimum atomic E-state index is 0.790. The molecule has 1 N–H and O–H groups in total. The Kier molecular flexibility index (Phi) is 4.66. The second-order valence-electron chi connectivity index (χ2n) is 5.66. The summed E-state index contributed by atoms with van der Waals surface area (Å²) in [6.07, 6.45) is 9.93. The van der Waals surface area contributed by atoms with Crippen LogP contribution in [0.1, 0.15) is 58.8 Å². The predicted molar refractivity (Wildman–Crippen MR) is 69.7 cm³/mol. The first-order valence-corrected chi connectivity index (χ1v) is 7.30. The SMILES string of the molecule is CCNC1CCCC(N2CCCCC2C)C1. The van der Waals surface area contributed by atoms with E-state index in [2.05, 4.69) is 24.1 Å². The predicted octanol–water partition coefficient (Wildman–Crippen LogP) is 2.78. The van der Waals surface area contributed by atoms with Crippen LogP contribution in [-0.4, -0.2) is 36.1 Å². The van der Waals surface area contributed by atoms with Crippen LogP contribution in [-0.2, 0) is 0 Å². The maximum atomic E-state index is 3.64. The van der Waals surface area contributed by atoms with Crippen LogP contribution >= 0.6 is 0 Å². The molecule has 0 aromatic rings. The van der Waals surface area contributed by atoms with Crippen molar-refractivity contribution in [1.29, 1.82) is 0 Å². The highest BCUT2D eigenvalue weighted by molar-refractivity contribution is 4.87. The fraction of sp³-hybridized carbons (Fsp3) is 1.00. The number of nitrogens with zero attached hydrogens (tertiary/aromatic N) is 1. The lowest BCUT2D eigenvalue weighted by molar-refractivity contribution is 0.0730. The van der Waals surface area contributed by atoms with E-state index >= 15 is 0 Å². The van der Waals surface area contributed by atoms with E-state index in [4.69, 9.17) is 0 Å². The minimum Gasteiger partial charge on any atom is -0.314 e. The van der Waals surface area contributed by atoms with Crippen molar-refractivity contribution in [3.05, 3.63) is 0 Å². The summed E-state index contributed by atoms with van der Waals surface area (Å²) in [5.74, 6) is 0. The second kappa shape index (κ2) is 6.02. The van der Waals surface area contributed by atoms with Gasteiger partial charge in [0.1, 0.15) is 0 Å². The Morgan fingerprint density at radius 1 is 1.12 bits per heavy atom. The van der Waals surface area contributed by atoms with E-state index in [9.17, 15) is 0 Å². The van der Waals surface area contributed by atoms with E-state index in [0.29, 0.717) is 0 Å². The second-order valence-corrected chi connectivity index (χ2v) is 5.66. The number of hydrogen-bond donors (Lipinski definition) is 1. The van der Waals surface area contributed by atoms with Crippen molar-refractivity contribution in [3.8, 4) is 0 Å². The van der Waals surface area contributed by atoms with Crippen molar-refractivity contribution < 1.29 is 0 Å². The Morgan fingerprint density at radius 3 is 2.75 bits per heavy atom. The van der Waals surface area contributed by atoms with Gasteiger partial charge in [-0.25, -0.2) is 0 Å². The molecule has 0 aromatic heterocycles. The van der Waals surface area contributed by atoms with Crippen molar-refractivity contribution in [1.82, 2.24) is 10.2 Å². The van der Waals surface area contributed by atoms with E-state index in [1.54, 1.807) is 0 Å². The third-order valence-corrected chi connectivity index (χ3v) is 4.46. The third-order valence-electron chi connectivity index (χ3n) is 4.46. The monoisotopic (exact) mass is 224 g/mol. The molecule has 1 saturated carbocycles. The van der Waals surface area contributed by atoms with Gasteiger partial charge in [-0.05, 0) is 52.1 Å². The summed E-state index contributed by atoms with van der Waals surface area (Å²) in [7, 11) is 0. The molecule has 0 radical (unpaired) electrons. The Morgan fingerprint density at radius 2 is 2.00 bits per heavy atom. The molecule has 1 heterocycles. The summed E-state index contributed by atoms with van der Waals surface area (Å²) in [5.41, 5.74) is 0. The van der Waals surface area contributed by atoms with Gasteiger partial charge in [-0.15, -0.1) is 0 Å². The first kappa shape index (κ1) is 12.4. The van der Waals surface area contributed by atoms with E-state index in [1.807, 2.05) is 0 Å². The van der Waals surface area contributed by atoms with Crippen LogP contribution in [0.15, 0.2) is 0 Å². The van der Waals surface area contributed by atoms with Crippen molar-refractivity contribution in [2.24, 2.45) is 0 Å². The van der Waals surface area contributed by atoms with Crippen molar-refractivity contribution in [3.63, 3.8) is 0 Å². The quantitative estimate of drug-likeness (QED) is 0.793.